The van der Waals surface area contributed by atoms with Gasteiger partial charge < -0.3 is 25.0 Å². The molecule has 4 aliphatic rings. The fourth-order valence-electron chi connectivity index (χ4n) is 6.49. The largest absolute Gasteiger partial charge is 0.510 e. The Morgan fingerprint density at radius 3 is 2.35 bits per heavy atom. The monoisotopic (exact) mass is 659 g/mol. The second-order valence-electron chi connectivity index (χ2n) is 10.7. The Kier molecular flexibility index (Phi) is 6.30. The number of nitrogens with zero attached hydrogens (tertiary/aromatic N) is 1. The first-order valence-electron chi connectivity index (χ1n) is 13.5. The summed E-state index contributed by atoms with van der Waals surface area (Å²) in [5, 5.41) is 35.6. The van der Waals surface area contributed by atoms with Crippen LogP contribution in [0.2, 0.25) is 4.34 Å². The first kappa shape index (κ1) is 29.1. The van der Waals surface area contributed by atoms with E-state index in [0.29, 0.717) is 14.8 Å². The molecular weight excluding hydrogens is 642 g/mol. The molecule has 1 spiro atoms. The van der Waals surface area contributed by atoms with Gasteiger partial charge in [0.25, 0.3) is 11.5 Å². The molecule has 2 heterocycles. The zero-order chi connectivity index (χ0) is 32.8. The number of hydrogen-bond donors (Lipinski definition) is 5. The predicted molar refractivity (Wildman–Crippen MR) is 168 cm³/mol. The van der Waals surface area contributed by atoms with E-state index in [9.17, 15) is 44.1 Å². The number of nitrogens with one attached hydrogen (secondary N) is 2. The predicted octanol–water partition coefficient (Wildman–Crippen LogP) is -0.00752. The maximum atomic E-state index is 13.6. The number of aliphatic hydroxyl groups is 2. The van der Waals surface area contributed by atoms with Crippen LogP contribution in [0.5, 0.6) is 11.5 Å². The van der Waals surface area contributed by atoms with Crippen molar-refractivity contribution in [2.24, 2.45) is 5.10 Å². The molecule has 5 N–H and O–H groups in total. The average Bonchev–Trinajstić information content (AvgIpc) is 3.68. The summed E-state index contributed by atoms with van der Waals surface area (Å²) >= 11 is 6.91. The fraction of sp³-hybridized carbons (Fsp3) is 0.129. The van der Waals surface area contributed by atoms with Crippen LogP contribution >= 0.6 is 22.9 Å². The van der Waals surface area contributed by atoms with E-state index in [2.05, 4.69) is 15.5 Å². The number of benzene rings is 1. The lowest BCUT2D eigenvalue weighted by Crippen LogP contribution is -2.51. The molecule has 7 rings (SSSR count). The van der Waals surface area contributed by atoms with Crippen molar-refractivity contribution in [3.8, 4) is 11.5 Å². The van der Waals surface area contributed by atoms with Crippen LogP contribution in [0, 0.1) is 10.4 Å². The zero-order valence-electron chi connectivity index (χ0n) is 23.3. The number of aromatic amines is 1. The number of aromatic nitrogens is 1. The van der Waals surface area contributed by atoms with Crippen molar-refractivity contribution < 1.29 is 24.9 Å². The van der Waals surface area contributed by atoms with Gasteiger partial charge in [0.1, 0.15) is 22.7 Å². The topological polar surface area (TPSA) is 213 Å². The Morgan fingerprint density at radius 2 is 1.70 bits per heavy atom. The Morgan fingerprint density at radius 1 is 1.00 bits per heavy atom. The molecule has 15 heteroatoms. The van der Waals surface area contributed by atoms with Crippen LogP contribution in [0.1, 0.15) is 32.9 Å². The van der Waals surface area contributed by atoms with Crippen LogP contribution in [-0.2, 0) is 11.8 Å². The summed E-state index contributed by atoms with van der Waals surface area (Å²) in [6, 6.07) is 6.88. The summed E-state index contributed by atoms with van der Waals surface area (Å²) < 4.78 is 5.31. The molecule has 4 aliphatic carbocycles. The van der Waals surface area contributed by atoms with Crippen molar-refractivity contribution in [3.05, 3.63) is 128 Å². The quantitative estimate of drug-likeness (QED) is 0.129. The SMILES string of the molecule is COc1cc(=O)c2c(=O)c3c(c(=O)c=2c1=O)=C(O)[C@]1(CCc2cc4cc(/C=N/NC(=O)c5ccc(Cl)s5)[nH]c(=O)c4c(O)c21)C=3O. The highest BCUT2D eigenvalue weighted by molar-refractivity contribution is 7.18. The van der Waals surface area contributed by atoms with Gasteiger partial charge in [0, 0.05) is 11.6 Å². The molecule has 13 nitrogen and oxygen atoms in total. The van der Waals surface area contributed by atoms with Crippen molar-refractivity contribution >= 4 is 57.4 Å². The van der Waals surface area contributed by atoms with Crippen LogP contribution in [0.25, 0.3) is 22.3 Å². The van der Waals surface area contributed by atoms with Gasteiger partial charge in [-0.25, -0.2) is 5.43 Å². The van der Waals surface area contributed by atoms with Crippen molar-refractivity contribution in [1.82, 2.24) is 10.4 Å². The number of rotatable bonds is 4. The van der Waals surface area contributed by atoms with Crippen molar-refractivity contribution in [2.45, 2.75) is 18.3 Å². The Labute approximate surface area is 262 Å². The second-order valence-corrected chi connectivity index (χ2v) is 12.5. The number of aryl methyl sites for hydroxylation is 1. The smallest absolute Gasteiger partial charge is 0.281 e. The maximum Gasteiger partial charge on any atom is 0.281 e. The second kappa shape index (κ2) is 9.95. The standard InChI is InChI=1S/C31H18ClN3O10S/c1-45-14-8-13(36)18-19(23(14)37)25(39)21-20(24(18)38)27(41)31(28(21)42)5-4-10-6-11-7-12(34-30(44)17(11)26(40)22(10)31)9-33-35-29(43)15-2-3-16(32)46-15/h2-3,6-9,40-42H,4-5H2,1H3,(H,34,44)(H,35,43)/b33-9+/t31-/m0/s1. The number of pyridine rings is 1. The van der Waals surface area contributed by atoms with Crippen molar-refractivity contribution in [1.29, 1.82) is 0 Å². The number of carbonyl (C=O) groups excluding carboxylic acids is 1. The molecule has 0 saturated heterocycles. The summed E-state index contributed by atoms with van der Waals surface area (Å²) in [6.07, 6.45) is 1.18. The van der Waals surface area contributed by atoms with Crippen LogP contribution in [-0.4, -0.2) is 39.5 Å². The summed E-state index contributed by atoms with van der Waals surface area (Å²) in [5.74, 6) is -3.20. The molecule has 0 saturated carbocycles. The number of halogens is 1. The van der Waals surface area contributed by atoms with E-state index in [1.807, 2.05) is 0 Å². The van der Waals surface area contributed by atoms with Gasteiger partial charge in [0.2, 0.25) is 16.3 Å². The number of methoxy groups -OCH3 is 1. The van der Waals surface area contributed by atoms with E-state index >= 15 is 0 Å². The minimum Gasteiger partial charge on any atom is -0.510 e. The van der Waals surface area contributed by atoms with Gasteiger partial charge in [0.05, 0.1) is 54.5 Å². The van der Waals surface area contributed by atoms with E-state index in [1.54, 1.807) is 12.1 Å². The van der Waals surface area contributed by atoms with Gasteiger partial charge in [-0.1, -0.05) is 17.7 Å². The van der Waals surface area contributed by atoms with Gasteiger partial charge in [-0.2, -0.15) is 5.10 Å². The van der Waals surface area contributed by atoms with Gasteiger partial charge in [-0.3, -0.25) is 28.8 Å². The number of hydrogen-bond acceptors (Lipinski definition) is 12. The zero-order valence-corrected chi connectivity index (χ0v) is 24.9. The molecule has 46 heavy (non-hydrogen) atoms. The van der Waals surface area contributed by atoms with Gasteiger partial charge in [-0.15, -0.1) is 11.3 Å². The Bertz CT molecular complexity index is 2740. The molecule has 1 amide bonds. The minimum atomic E-state index is -2.01. The molecule has 2 aromatic heterocycles. The van der Waals surface area contributed by atoms with E-state index in [0.717, 1.165) is 24.5 Å². The highest BCUT2D eigenvalue weighted by Gasteiger charge is 2.53. The number of hydrazone groups is 1. The number of fused-ring (bicyclic) bond motifs is 4. The molecule has 0 aliphatic heterocycles. The lowest BCUT2D eigenvalue weighted by atomic mass is 9.78. The highest BCUT2D eigenvalue weighted by atomic mass is 35.5. The van der Waals surface area contributed by atoms with Crippen LogP contribution in [0.15, 0.2) is 59.4 Å². The fourth-order valence-corrected chi connectivity index (χ4v) is 7.42. The molecule has 0 bridgehead atoms. The summed E-state index contributed by atoms with van der Waals surface area (Å²) in [6.45, 7) is 0. The summed E-state index contributed by atoms with van der Waals surface area (Å²) in [4.78, 5) is 81.2. The number of aliphatic hydroxyl groups excluding tert-OH is 2. The van der Waals surface area contributed by atoms with E-state index in [-0.39, 0.29) is 34.9 Å². The first-order chi connectivity index (χ1) is 21.9. The van der Waals surface area contributed by atoms with Gasteiger partial charge in [-0.05, 0) is 42.0 Å². The van der Waals surface area contributed by atoms with Crippen LogP contribution < -0.4 is 47.9 Å². The van der Waals surface area contributed by atoms with Crippen molar-refractivity contribution in [2.75, 3.05) is 7.11 Å². The Balaban J connectivity index is 1.41. The summed E-state index contributed by atoms with van der Waals surface area (Å²) in [7, 11) is 1.11. The Hall–Kier alpha value is -5.60. The van der Waals surface area contributed by atoms with Gasteiger partial charge >= 0.3 is 0 Å². The third kappa shape index (κ3) is 3.77. The van der Waals surface area contributed by atoms with Crippen LogP contribution in [0.3, 0.4) is 0 Å². The lowest BCUT2D eigenvalue weighted by molar-refractivity contribution is 0.0959. The van der Waals surface area contributed by atoms with E-state index in [1.165, 1.54) is 18.3 Å². The number of aromatic hydroxyl groups is 1. The molecule has 0 fully saturated rings. The molecule has 0 unspecified atom stereocenters. The van der Waals surface area contributed by atoms with E-state index < -0.39 is 82.5 Å². The molecule has 230 valence electrons. The number of H-pyrrole nitrogens is 1. The average molecular weight is 660 g/mol. The number of phenols is 1. The normalized spacial score (nSPS) is 17.0. The summed E-state index contributed by atoms with van der Waals surface area (Å²) in [5.41, 5.74) is -4.34. The number of ether oxygens (including phenoxy) is 1. The first-order valence-corrected chi connectivity index (χ1v) is 14.7. The molecule has 1 atom stereocenters. The number of phenolic OH excluding ortho intramolecular Hbond substituents is 1. The van der Waals surface area contributed by atoms with Gasteiger partial charge in [0.15, 0.2) is 11.2 Å². The highest BCUT2D eigenvalue weighted by Crippen LogP contribution is 2.54. The minimum absolute atomic E-state index is 0.106. The maximum absolute atomic E-state index is 13.6. The molecule has 0 radical (unpaired) electrons. The molecular formula is C31H18ClN3O10S. The lowest BCUT2D eigenvalue weighted by Gasteiger charge is -2.27. The molecule has 3 aromatic rings. The molecule has 1 aromatic carbocycles. The van der Waals surface area contributed by atoms with Crippen LogP contribution in [0.4, 0.5) is 0 Å². The number of amides is 1. The number of carbonyl (C=O) groups is 1. The third-order valence-electron chi connectivity index (χ3n) is 8.44. The third-order valence-corrected chi connectivity index (χ3v) is 9.67. The number of thiophene rings is 1. The van der Waals surface area contributed by atoms with Crippen molar-refractivity contribution in [3.63, 3.8) is 0 Å². The van der Waals surface area contributed by atoms with E-state index in [4.69, 9.17) is 16.3 Å².